The Morgan fingerprint density at radius 2 is 1.70 bits per heavy atom. The van der Waals surface area contributed by atoms with Crippen molar-refractivity contribution < 1.29 is 23.9 Å². The number of ether oxygens (including phenoxy) is 1. The molecule has 0 heterocycles. The zero-order valence-electron chi connectivity index (χ0n) is 4.72. The molecule has 0 saturated heterocycles. The van der Waals surface area contributed by atoms with E-state index in [1.54, 1.807) is 0 Å². The van der Waals surface area contributed by atoms with Gasteiger partial charge >= 0.3 is 12.2 Å². The van der Waals surface area contributed by atoms with Gasteiger partial charge in [-0.25, -0.2) is 4.79 Å². The van der Waals surface area contributed by atoms with Crippen LogP contribution in [0.4, 0.5) is 4.79 Å². The molecule has 0 N–H and O–H groups in total. The molecule has 0 radical (unpaired) electrons. The van der Waals surface area contributed by atoms with E-state index in [0.29, 0.717) is 0 Å². The van der Waals surface area contributed by atoms with Gasteiger partial charge in [-0.2, -0.15) is 0 Å². The maximum atomic E-state index is 10.3. The van der Waals surface area contributed by atoms with Crippen LogP contribution >= 0.6 is 7.92 Å². The van der Waals surface area contributed by atoms with E-state index in [0.717, 1.165) is 0 Å². The van der Waals surface area contributed by atoms with Gasteiger partial charge in [0.15, 0.2) is 12.1 Å². The third kappa shape index (κ3) is 2.46. The van der Waals surface area contributed by atoms with E-state index in [1.165, 1.54) is 0 Å². The molecule has 0 atom stereocenters. The van der Waals surface area contributed by atoms with Gasteiger partial charge in [-0.3, -0.25) is 14.4 Å². The maximum Gasteiger partial charge on any atom is 0.348 e. The lowest BCUT2D eigenvalue weighted by Crippen LogP contribution is -1.98. The summed E-state index contributed by atoms with van der Waals surface area (Å²) in [6.45, 7) is -0.120. The SMILES string of the molecule is O=COC(=O)P(C=O)C=O. The zero-order chi connectivity index (χ0) is 7.98. The second-order valence-corrected chi connectivity index (χ2v) is 2.70. The molecule has 0 bridgehead atoms. The Labute approximate surface area is 57.1 Å². The number of rotatable bonds is 4. The molecule has 10 heavy (non-hydrogen) atoms. The number of hydrogen-bond acceptors (Lipinski definition) is 5. The summed E-state index contributed by atoms with van der Waals surface area (Å²) in [5.74, 6) is 0. The van der Waals surface area contributed by atoms with Gasteiger partial charge in [-0.1, -0.05) is 0 Å². The summed E-state index contributed by atoms with van der Waals surface area (Å²) in [4.78, 5) is 39.5. The highest BCUT2D eigenvalue weighted by atomic mass is 31.1. The summed E-state index contributed by atoms with van der Waals surface area (Å²) >= 11 is 0. The fourth-order valence-corrected chi connectivity index (χ4v) is 0.600. The average molecular weight is 162 g/mol. The molecular formula is C4H3O5P. The Bertz CT molecular complexity index is 157. The van der Waals surface area contributed by atoms with Crippen molar-refractivity contribution in [1.82, 2.24) is 0 Å². The van der Waals surface area contributed by atoms with E-state index in [9.17, 15) is 19.2 Å². The topological polar surface area (TPSA) is 77.5 Å². The van der Waals surface area contributed by atoms with Gasteiger partial charge in [0.05, 0.1) is 0 Å². The van der Waals surface area contributed by atoms with Gasteiger partial charge in [0.2, 0.25) is 0 Å². The number of carbonyl (C=O) groups excluding carboxylic acids is 4. The molecule has 0 unspecified atom stereocenters. The molecule has 6 heteroatoms. The monoisotopic (exact) mass is 162 g/mol. The van der Waals surface area contributed by atoms with Gasteiger partial charge < -0.3 is 4.74 Å². The van der Waals surface area contributed by atoms with Gasteiger partial charge in [-0.05, 0) is 0 Å². The van der Waals surface area contributed by atoms with Crippen LogP contribution in [0.2, 0.25) is 0 Å². The Morgan fingerprint density at radius 1 is 1.20 bits per heavy atom. The standard InChI is InChI=1S/C4H3O5P/c5-1-9-4(8)10(2-6)3-7/h1-3H. The van der Waals surface area contributed by atoms with Gasteiger partial charge in [0.25, 0.3) is 0 Å². The summed E-state index contributed by atoms with van der Waals surface area (Å²) in [6, 6.07) is 0.322. The first kappa shape index (κ1) is 8.91. The third-order valence-corrected chi connectivity index (χ3v) is 1.57. The molecule has 0 aromatic heterocycles. The largest absolute Gasteiger partial charge is 0.392 e. The van der Waals surface area contributed by atoms with Crippen LogP contribution in [0.15, 0.2) is 0 Å². The minimum Gasteiger partial charge on any atom is -0.392 e. The highest BCUT2D eigenvalue weighted by molar-refractivity contribution is 7.97. The van der Waals surface area contributed by atoms with E-state index in [1.807, 2.05) is 0 Å². The molecule has 0 saturated carbocycles. The van der Waals surface area contributed by atoms with Crippen LogP contribution in [-0.2, 0) is 19.1 Å². The van der Waals surface area contributed by atoms with Crippen LogP contribution in [0.5, 0.6) is 0 Å². The predicted octanol–water partition coefficient (Wildman–Crippen LogP) is 0.142. The van der Waals surface area contributed by atoms with Crippen molar-refractivity contribution in [2.24, 2.45) is 0 Å². The van der Waals surface area contributed by atoms with Gasteiger partial charge in [0.1, 0.15) is 7.92 Å². The summed E-state index contributed by atoms with van der Waals surface area (Å²) in [5, 5.41) is 0. The average Bonchev–Trinajstić information content (AvgIpc) is 1.91. The van der Waals surface area contributed by atoms with Crippen molar-refractivity contribution in [3.63, 3.8) is 0 Å². The third-order valence-electron chi connectivity index (χ3n) is 0.587. The lowest BCUT2D eigenvalue weighted by molar-refractivity contribution is -0.122. The maximum absolute atomic E-state index is 10.3. The normalized spacial score (nSPS) is 8.50. The van der Waals surface area contributed by atoms with Crippen LogP contribution in [-0.4, -0.2) is 24.2 Å². The van der Waals surface area contributed by atoms with Crippen LogP contribution in [0.3, 0.4) is 0 Å². The molecule has 0 aromatic rings. The van der Waals surface area contributed by atoms with Crippen molar-refractivity contribution in [2.75, 3.05) is 0 Å². The molecule has 0 spiro atoms. The molecule has 54 valence electrons. The molecule has 0 aliphatic rings. The van der Waals surface area contributed by atoms with E-state index in [-0.39, 0.29) is 18.5 Å². The van der Waals surface area contributed by atoms with Crippen LogP contribution < -0.4 is 0 Å². The summed E-state index contributed by atoms with van der Waals surface area (Å²) in [6.07, 6.45) is 0. The second-order valence-electron chi connectivity index (χ2n) is 1.10. The van der Waals surface area contributed by atoms with E-state index in [2.05, 4.69) is 4.74 Å². The van der Waals surface area contributed by atoms with Crippen molar-refractivity contribution in [3.8, 4) is 0 Å². The quantitative estimate of drug-likeness (QED) is 0.333. The van der Waals surface area contributed by atoms with E-state index in [4.69, 9.17) is 0 Å². The second kappa shape index (κ2) is 4.76. The van der Waals surface area contributed by atoms with Gasteiger partial charge in [-0.15, -0.1) is 0 Å². The zero-order valence-corrected chi connectivity index (χ0v) is 5.61. The van der Waals surface area contributed by atoms with Crippen molar-refractivity contribution >= 4 is 32.2 Å². The summed E-state index contributed by atoms with van der Waals surface area (Å²) in [5.41, 5.74) is -1.09. The molecule has 0 aliphatic heterocycles. The Morgan fingerprint density at radius 3 is 2.00 bits per heavy atom. The predicted molar refractivity (Wildman–Crippen MR) is 33.0 cm³/mol. The molecule has 5 nitrogen and oxygen atoms in total. The lowest BCUT2D eigenvalue weighted by atomic mass is 11.4. The lowest BCUT2D eigenvalue weighted by Gasteiger charge is -1.94. The highest BCUT2D eigenvalue weighted by Gasteiger charge is 2.17. The summed E-state index contributed by atoms with van der Waals surface area (Å²) < 4.78 is 3.73. The molecule has 0 rings (SSSR count). The minimum absolute atomic E-state index is 0.120. The first-order valence-electron chi connectivity index (χ1n) is 2.09. The number of hydrogen-bond donors (Lipinski definition) is 0. The van der Waals surface area contributed by atoms with Crippen molar-refractivity contribution in [2.45, 2.75) is 0 Å². The fourth-order valence-electron chi connectivity index (χ4n) is 0.213. The smallest absolute Gasteiger partial charge is 0.348 e. The number of carbonyl (C=O) groups is 4. The molecule has 0 aliphatic carbocycles. The molecule has 0 aromatic carbocycles. The van der Waals surface area contributed by atoms with Gasteiger partial charge in [0, 0.05) is 0 Å². The first-order chi connectivity index (χ1) is 4.76. The Hall–Kier alpha value is -1.09. The fraction of sp³-hybridized carbons (Fsp3) is 0. The Balaban J connectivity index is 4.00. The minimum atomic E-state index is -2.08. The van der Waals surface area contributed by atoms with Crippen LogP contribution in [0.1, 0.15) is 0 Å². The first-order valence-corrected chi connectivity index (χ1v) is 3.57. The highest BCUT2D eigenvalue weighted by Crippen LogP contribution is 2.28. The van der Waals surface area contributed by atoms with Crippen molar-refractivity contribution in [3.05, 3.63) is 0 Å². The van der Waals surface area contributed by atoms with Crippen LogP contribution in [0.25, 0.3) is 0 Å². The van der Waals surface area contributed by atoms with Crippen molar-refractivity contribution in [1.29, 1.82) is 0 Å². The molecular weight excluding hydrogens is 159 g/mol. The van der Waals surface area contributed by atoms with E-state index >= 15 is 0 Å². The summed E-state index contributed by atoms with van der Waals surface area (Å²) in [7, 11) is -2.08. The Kier molecular flexibility index (Phi) is 4.24. The van der Waals surface area contributed by atoms with Crippen LogP contribution in [0, 0.1) is 0 Å². The van der Waals surface area contributed by atoms with E-state index < -0.39 is 13.6 Å². The molecule has 0 amide bonds. The molecule has 0 fully saturated rings.